The maximum absolute atomic E-state index is 3.49. The Bertz CT molecular complexity index is 215. The van der Waals surface area contributed by atoms with Crippen molar-refractivity contribution < 1.29 is 0 Å². The maximum atomic E-state index is 3.49. The molecule has 1 saturated carbocycles. The van der Waals surface area contributed by atoms with Gasteiger partial charge in [0.2, 0.25) is 0 Å². The minimum Gasteiger partial charge on any atom is -0.317 e. The fourth-order valence-corrected chi connectivity index (χ4v) is 3.68. The Hall–Kier alpha value is -0.0800. The molecule has 0 aromatic heterocycles. The summed E-state index contributed by atoms with van der Waals surface area (Å²) in [6.45, 7) is 6.72. The summed E-state index contributed by atoms with van der Waals surface area (Å²) in [4.78, 5) is 2.73. The first-order valence-corrected chi connectivity index (χ1v) is 6.82. The Balaban J connectivity index is 1.48. The van der Waals surface area contributed by atoms with Crippen LogP contribution >= 0.6 is 0 Å². The van der Waals surface area contributed by atoms with Crippen LogP contribution in [0.25, 0.3) is 0 Å². The lowest BCUT2D eigenvalue weighted by Crippen LogP contribution is -2.35. The lowest BCUT2D eigenvalue weighted by molar-refractivity contribution is 0.198. The van der Waals surface area contributed by atoms with Crippen molar-refractivity contribution in [2.24, 2.45) is 11.3 Å². The Morgan fingerprint density at radius 2 is 1.80 bits per heavy atom. The number of piperidine rings is 2. The highest BCUT2D eigenvalue weighted by atomic mass is 15.1. The van der Waals surface area contributed by atoms with Gasteiger partial charge in [-0.05, 0) is 69.6 Å². The highest BCUT2D eigenvalue weighted by Gasteiger charge is 2.53. The van der Waals surface area contributed by atoms with E-state index in [4.69, 9.17) is 0 Å². The summed E-state index contributed by atoms with van der Waals surface area (Å²) in [6.07, 6.45) is 8.79. The highest BCUT2D eigenvalue weighted by molar-refractivity contribution is 5.05. The molecule has 3 rings (SSSR count). The SMILES string of the molecule is C1CCN(C[C@H]2CC23CCNCC3)CC1. The zero-order chi connectivity index (χ0) is 10.1. The number of hydrogen-bond acceptors (Lipinski definition) is 2. The van der Waals surface area contributed by atoms with Crippen LogP contribution < -0.4 is 5.32 Å². The van der Waals surface area contributed by atoms with Crippen molar-refractivity contribution in [1.29, 1.82) is 0 Å². The fourth-order valence-electron chi connectivity index (χ4n) is 3.68. The molecule has 2 heteroatoms. The minimum atomic E-state index is 0.794. The molecule has 1 aliphatic carbocycles. The molecule has 0 aromatic rings. The third-order valence-electron chi connectivity index (χ3n) is 4.89. The van der Waals surface area contributed by atoms with Crippen molar-refractivity contribution in [1.82, 2.24) is 10.2 Å². The van der Waals surface area contributed by atoms with Gasteiger partial charge in [0.25, 0.3) is 0 Å². The topological polar surface area (TPSA) is 15.3 Å². The van der Waals surface area contributed by atoms with Crippen molar-refractivity contribution >= 4 is 0 Å². The molecule has 2 aliphatic heterocycles. The number of likely N-dealkylation sites (tertiary alicyclic amines) is 1. The summed E-state index contributed by atoms with van der Waals surface area (Å²) >= 11 is 0. The van der Waals surface area contributed by atoms with Gasteiger partial charge in [0.15, 0.2) is 0 Å². The van der Waals surface area contributed by atoms with Gasteiger partial charge in [0.1, 0.15) is 0 Å². The van der Waals surface area contributed by atoms with Crippen LogP contribution in [0.15, 0.2) is 0 Å². The van der Waals surface area contributed by atoms with Gasteiger partial charge in [-0.15, -0.1) is 0 Å². The first-order valence-electron chi connectivity index (χ1n) is 6.82. The quantitative estimate of drug-likeness (QED) is 0.745. The average molecular weight is 208 g/mol. The Morgan fingerprint density at radius 3 is 2.53 bits per heavy atom. The molecule has 1 atom stereocenters. The predicted molar refractivity (Wildman–Crippen MR) is 62.9 cm³/mol. The molecular formula is C13H24N2. The van der Waals surface area contributed by atoms with Crippen LogP contribution in [0.1, 0.15) is 38.5 Å². The molecule has 1 spiro atoms. The third kappa shape index (κ3) is 2.07. The smallest absolute Gasteiger partial charge is 0.00152 e. The van der Waals surface area contributed by atoms with Gasteiger partial charge in [0, 0.05) is 6.54 Å². The van der Waals surface area contributed by atoms with Crippen LogP contribution in [0.3, 0.4) is 0 Å². The van der Waals surface area contributed by atoms with Gasteiger partial charge in [-0.25, -0.2) is 0 Å². The summed E-state index contributed by atoms with van der Waals surface area (Å²) < 4.78 is 0. The predicted octanol–water partition coefficient (Wildman–Crippen LogP) is 1.86. The van der Waals surface area contributed by atoms with Gasteiger partial charge in [-0.3, -0.25) is 0 Å². The largest absolute Gasteiger partial charge is 0.317 e. The summed E-state index contributed by atoms with van der Waals surface area (Å²) in [5.41, 5.74) is 0.794. The number of hydrogen-bond donors (Lipinski definition) is 1. The summed E-state index contributed by atoms with van der Waals surface area (Å²) in [5.74, 6) is 1.05. The number of rotatable bonds is 2. The second-order valence-corrected chi connectivity index (χ2v) is 5.87. The van der Waals surface area contributed by atoms with E-state index in [1.54, 1.807) is 0 Å². The lowest BCUT2D eigenvalue weighted by atomic mass is 9.91. The molecule has 0 aromatic carbocycles. The second-order valence-electron chi connectivity index (χ2n) is 5.87. The molecule has 0 bridgehead atoms. The Kier molecular flexibility index (Phi) is 2.73. The van der Waals surface area contributed by atoms with Crippen LogP contribution in [-0.2, 0) is 0 Å². The summed E-state index contributed by atoms with van der Waals surface area (Å²) in [5, 5.41) is 3.49. The normalized spacial score (nSPS) is 35.6. The lowest BCUT2D eigenvalue weighted by Gasteiger charge is -2.29. The number of nitrogens with one attached hydrogen (secondary N) is 1. The Morgan fingerprint density at radius 1 is 1.07 bits per heavy atom. The van der Waals surface area contributed by atoms with E-state index < -0.39 is 0 Å². The molecule has 0 radical (unpaired) electrons. The van der Waals surface area contributed by atoms with Gasteiger partial charge < -0.3 is 10.2 Å². The zero-order valence-electron chi connectivity index (χ0n) is 9.80. The monoisotopic (exact) mass is 208 g/mol. The van der Waals surface area contributed by atoms with Crippen molar-refractivity contribution in [2.45, 2.75) is 38.5 Å². The van der Waals surface area contributed by atoms with E-state index >= 15 is 0 Å². The molecule has 2 nitrogen and oxygen atoms in total. The molecular weight excluding hydrogens is 184 g/mol. The maximum Gasteiger partial charge on any atom is 0.00152 e. The van der Waals surface area contributed by atoms with Crippen LogP contribution in [-0.4, -0.2) is 37.6 Å². The molecule has 1 N–H and O–H groups in total. The standard InChI is InChI=1S/C13H24N2/c1-2-8-15(9-3-1)11-12-10-13(12)4-6-14-7-5-13/h12,14H,1-11H2/t12-/m1/s1. The van der Waals surface area contributed by atoms with Gasteiger partial charge >= 0.3 is 0 Å². The van der Waals surface area contributed by atoms with Crippen molar-refractivity contribution in [3.05, 3.63) is 0 Å². The van der Waals surface area contributed by atoms with Crippen LogP contribution in [0.5, 0.6) is 0 Å². The van der Waals surface area contributed by atoms with E-state index in [-0.39, 0.29) is 0 Å². The van der Waals surface area contributed by atoms with Crippen LogP contribution in [0.4, 0.5) is 0 Å². The molecule has 86 valence electrons. The van der Waals surface area contributed by atoms with E-state index in [1.807, 2.05) is 0 Å². The molecule has 0 amide bonds. The molecule has 3 fully saturated rings. The third-order valence-corrected chi connectivity index (χ3v) is 4.89. The highest BCUT2D eigenvalue weighted by Crippen LogP contribution is 2.58. The van der Waals surface area contributed by atoms with Gasteiger partial charge in [-0.2, -0.15) is 0 Å². The molecule has 0 unspecified atom stereocenters. The van der Waals surface area contributed by atoms with Crippen molar-refractivity contribution in [2.75, 3.05) is 32.7 Å². The zero-order valence-corrected chi connectivity index (χ0v) is 9.80. The van der Waals surface area contributed by atoms with E-state index in [0.29, 0.717) is 0 Å². The molecule has 15 heavy (non-hydrogen) atoms. The Labute approximate surface area is 93.4 Å². The summed E-state index contributed by atoms with van der Waals surface area (Å²) in [6, 6.07) is 0. The fraction of sp³-hybridized carbons (Fsp3) is 1.00. The second kappa shape index (κ2) is 4.06. The molecule has 2 heterocycles. The molecule has 2 saturated heterocycles. The van der Waals surface area contributed by atoms with Crippen molar-refractivity contribution in [3.63, 3.8) is 0 Å². The van der Waals surface area contributed by atoms with Crippen LogP contribution in [0, 0.1) is 11.3 Å². The van der Waals surface area contributed by atoms with E-state index in [0.717, 1.165) is 11.3 Å². The molecule has 3 aliphatic rings. The van der Waals surface area contributed by atoms with Crippen molar-refractivity contribution in [3.8, 4) is 0 Å². The van der Waals surface area contributed by atoms with Gasteiger partial charge in [-0.1, -0.05) is 6.42 Å². The van der Waals surface area contributed by atoms with E-state index in [2.05, 4.69) is 10.2 Å². The van der Waals surface area contributed by atoms with E-state index in [9.17, 15) is 0 Å². The van der Waals surface area contributed by atoms with Crippen LogP contribution in [0.2, 0.25) is 0 Å². The first-order chi connectivity index (χ1) is 7.39. The summed E-state index contributed by atoms with van der Waals surface area (Å²) in [7, 11) is 0. The van der Waals surface area contributed by atoms with E-state index in [1.165, 1.54) is 71.2 Å². The minimum absolute atomic E-state index is 0.794. The van der Waals surface area contributed by atoms with Gasteiger partial charge in [0.05, 0.1) is 0 Å². The average Bonchev–Trinajstić information content (AvgIpc) is 2.93. The first kappa shape index (κ1) is 10.1. The number of nitrogens with zero attached hydrogens (tertiary/aromatic N) is 1.